The molecule has 4 heteroatoms. The highest BCUT2D eigenvalue weighted by Crippen LogP contribution is 2.19. The van der Waals surface area contributed by atoms with E-state index >= 15 is 0 Å². The predicted molar refractivity (Wildman–Crippen MR) is 81.0 cm³/mol. The molecule has 1 aromatic rings. The zero-order valence-corrected chi connectivity index (χ0v) is 12.1. The van der Waals surface area contributed by atoms with E-state index in [1.165, 1.54) is 31.4 Å². The molecule has 3 rings (SSSR count). The molecule has 0 bridgehead atoms. The van der Waals surface area contributed by atoms with Crippen molar-refractivity contribution in [1.82, 2.24) is 10.3 Å². The van der Waals surface area contributed by atoms with Crippen molar-refractivity contribution >= 4 is 5.69 Å². The van der Waals surface area contributed by atoms with Gasteiger partial charge in [0.05, 0.1) is 0 Å². The minimum Gasteiger partial charge on any atom is -0.381 e. The second-order valence-electron chi connectivity index (χ2n) is 5.94. The Kier molecular flexibility index (Phi) is 4.87. The maximum absolute atomic E-state index is 5.42. The molecule has 0 aliphatic carbocycles. The van der Waals surface area contributed by atoms with E-state index in [2.05, 4.69) is 27.3 Å². The highest BCUT2D eigenvalue weighted by atomic mass is 16.5. The largest absolute Gasteiger partial charge is 0.381 e. The Morgan fingerprint density at radius 2 is 2.00 bits per heavy atom. The van der Waals surface area contributed by atoms with Gasteiger partial charge in [0.1, 0.15) is 0 Å². The summed E-state index contributed by atoms with van der Waals surface area (Å²) in [4.78, 5) is 6.55. The van der Waals surface area contributed by atoms with Crippen LogP contribution in [0.3, 0.4) is 0 Å². The minimum atomic E-state index is 0.690. The third-order valence-electron chi connectivity index (χ3n) is 4.53. The summed E-state index contributed by atoms with van der Waals surface area (Å²) in [5, 5.41) is 3.73. The Labute approximate surface area is 121 Å². The average molecular weight is 275 g/mol. The summed E-state index contributed by atoms with van der Waals surface area (Å²) in [6.07, 6.45) is 8.76. The van der Waals surface area contributed by atoms with E-state index in [4.69, 9.17) is 4.74 Å². The molecular formula is C16H25N3O. The van der Waals surface area contributed by atoms with E-state index in [1.54, 1.807) is 0 Å². The fourth-order valence-corrected chi connectivity index (χ4v) is 3.20. The molecule has 1 aromatic heterocycles. The van der Waals surface area contributed by atoms with Crippen molar-refractivity contribution < 1.29 is 4.74 Å². The lowest BCUT2D eigenvalue weighted by Gasteiger charge is -2.34. The molecule has 0 amide bonds. The van der Waals surface area contributed by atoms with Crippen molar-refractivity contribution in [2.75, 3.05) is 37.7 Å². The van der Waals surface area contributed by atoms with Crippen molar-refractivity contribution in [3.63, 3.8) is 0 Å². The highest BCUT2D eigenvalue weighted by Gasteiger charge is 2.20. The van der Waals surface area contributed by atoms with E-state index in [-0.39, 0.29) is 0 Å². The van der Waals surface area contributed by atoms with Gasteiger partial charge in [-0.3, -0.25) is 4.98 Å². The maximum atomic E-state index is 5.42. The van der Waals surface area contributed by atoms with Crippen molar-refractivity contribution in [3.8, 4) is 0 Å². The molecule has 0 radical (unpaired) electrons. The molecule has 2 aliphatic heterocycles. The van der Waals surface area contributed by atoms with Crippen LogP contribution in [0.4, 0.5) is 5.69 Å². The van der Waals surface area contributed by atoms with Gasteiger partial charge >= 0.3 is 0 Å². The van der Waals surface area contributed by atoms with Crippen LogP contribution in [0.15, 0.2) is 24.5 Å². The van der Waals surface area contributed by atoms with Crippen LogP contribution in [0.25, 0.3) is 0 Å². The first kappa shape index (κ1) is 13.8. The molecule has 1 atom stereocenters. The number of hydrogen-bond donors (Lipinski definition) is 1. The summed E-state index contributed by atoms with van der Waals surface area (Å²) in [6, 6.07) is 4.90. The molecule has 20 heavy (non-hydrogen) atoms. The molecule has 3 heterocycles. The van der Waals surface area contributed by atoms with Gasteiger partial charge in [0.2, 0.25) is 0 Å². The lowest BCUT2D eigenvalue weighted by Crippen LogP contribution is -2.43. The molecule has 4 nitrogen and oxygen atoms in total. The molecule has 2 fully saturated rings. The van der Waals surface area contributed by atoms with Crippen LogP contribution in [-0.2, 0) is 4.74 Å². The fraction of sp³-hybridized carbons (Fsp3) is 0.688. The molecule has 0 saturated carbocycles. The van der Waals surface area contributed by atoms with E-state index in [0.717, 1.165) is 38.8 Å². The van der Waals surface area contributed by atoms with Crippen LogP contribution in [-0.4, -0.2) is 43.9 Å². The third kappa shape index (κ3) is 3.70. The standard InChI is InChI=1S/C16H25N3O/c1(14-6-12-20-13-14)9-18-15-4-10-19(11-5-15)16-2-7-17-8-3-16/h2-3,7-8,14-15,18H,1,4-6,9-13H2. The Bertz CT molecular complexity index is 384. The molecule has 1 N–H and O–H groups in total. The number of rotatable bonds is 5. The number of piperidine rings is 1. The van der Waals surface area contributed by atoms with E-state index in [0.29, 0.717) is 6.04 Å². The summed E-state index contributed by atoms with van der Waals surface area (Å²) >= 11 is 0. The van der Waals surface area contributed by atoms with Gasteiger partial charge in [0.15, 0.2) is 0 Å². The van der Waals surface area contributed by atoms with Crippen LogP contribution in [0.5, 0.6) is 0 Å². The highest BCUT2D eigenvalue weighted by molar-refractivity contribution is 5.44. The first-order valence-electron chi connectivity index (χ1n) is 7.88. The van der Waals surface area contributed by atoms with Crippen LogP contribution in [0.1, 0.15) is 25.7 Å². The Morgan fingerprint density at radius 1 is 1.20 bits per heavy atom. The fourth-order valence-electron chi connectivity index (χ4n) is 3.20. The summed E-state index contributed by atoms with van der Waals surface area (Å²) in [5.41, 5.74) is 1.31. The van der Waals surface area contributed by atoms with Gasteiger partial charge in [-0.15, -0.1) is 0 Å². The number of ether oxygens (including phenoxy) is 1. The zero-order valence-electron chi connectivity index (χ0n) is 12.1. The minimum absolute atomic E-state index is 0.690. The van der Waals surface area contributed by atoms with Gasteiger partial charge in [-0.05, 0) is 50.3 Å². The molecule has 1 unspecified atom stereocenters. The molecule has 0 spiro atoms. The van der Waals surface area contributed by atoms with Crippen LogP contribution in [0.2, 0.25) is 0 Å². The van der Waals surface area contributed by atoms with Crippen molar-refractivity contribution in [1.29, 1.82) is 0 Å². The summed E-state index contributed by atoms with van der Waals surface area (Å²) in [6.45, 7) is 5.38. The second kappa shape index (κ2) is 7.04. The quantitative estimate of drug-likeness (QED) is 0.892. The summed E-state index contributed by atoms with van der Waals surface area (Å²) < 4.78 is 5.42. The lowest BCUT2D eigenvalue weighted by molar-refractivity contribution is 0.183. The Hall–Kier alpha value is -1.13. The van der Waals surface area contributed by atoms with Crippen molar-refractivity contribution in [2.45, 2.75) is 31.7 Å². The van der Waals surface area contributed by atoms with Crippen molar-refractivity contribution in [3.05, 3.63) is 24.5 Å². The second-order valence-corrected chi connectivity index (χ2v) is 5.94. The normalized spacial score (nSPS) is 24.2. The average Bonchev–Trinajstić information content (AvgIpc) is 3.02. The number of anilines is 1. The monoisotopic (exact) mass is 275 g/mol. The molecule has 2 aliphatic rings. The smallest absolute Gasteiger partial charge is 0.0495 e. The third-order valence-corrected chi connectivity index (χ3v) is 4.53. The first-order chi connectivity index (χ1) is 9.92. The molecular weight excluding hydrogens is 250 g/mol. The Balaban J connectivity index is 1.36. The number of nitrogens with one attached hydrogen (secondary N) is 1. The topological polar surface area (TPSA) is 37.4 Å². The SMILES string of the molecule is c1cc(N2CCC(NCCC3CCOC3)CC2)ccn1. The summed E-state index contributed by atoms with van der Waals surface area (Å²) in [7, 11) is 0. The van der Waals surface area contributed by atoms with Gasteiger partial charge in [-0.1, -0.05) is 0 Å². The van der Waals surface area contributed by atoms with Gasteiger partial charge in [-0.2, -0.15) is 0 Å². The van der Waals surface area contributed by atoms with E-state index < -0.39 is 0 Å². The summed E-state index contributed by atoms with van der Waals surface area (Å²) in [5.74, 6) is 0.791. The zero-order chi connectivity index (χ0) is 13.6. The number of nitrogens with zero attached hydrogens (tertiary/aromatic N) is 2. The molecule has 110 valence electrons. The number of hydrogen-bond acceptors (Lipinski definition) is 4. The van der Waals surface area contributed by atoms with Crippen LogP contribution in [0, 0.1) is 5.92 Å². The molecule has 2 saturated heterocycles. The predicted octanol–water partition coefficient (Wildman–Crippen LogP) is 2.07. The van der Waals surface area contributed by atoms with Crippen molar-refractivity contribution in [2.24, 2.45) is 5.92 Å². The van der Waals surface area contributed by atoms with Gasteiger partial charge in [0, 0.05) is 50.4 Å². The Morgan fingerprint density at radius 3 is 2.70 bits per heavy atom. The van der Waals surface area contributed by atoms with Gasteiger partial charge < -0.3 is 15.0 Å². The van der Waals surface area contributed by atoms with Crippen LogP contribution < -0.4 is 10.2 Å². The number of aromatic nitrogens is 1. The van der Waals surface area contributed by atoms with E-state index in [9.17, 15) is 0 Å². The van der Waals surface area contributed by atoms with E-state index in [1.807, 2.05) is 12.4 Å². The lowest BCUT2D eigenvalue weighted by atomic mass is 10.0. The van der Waals surface area contributed by atoms with Crippen LogP contribution >= 0.6 is 0 Å². The number of pyridine rings is 1. The maximum Gasteiger partial charge on any atom is 0.0495 e. The van der Waals surface area contributed by atoms with Gasteiger partial charge in [0.25, 0.3) is 0 Å². The molecule has 0 aromatic carbocycles. The van der Waals surface area contributed by atoms with Gasteiger partial charge in [-0.25, -0.2) is 0 Å². The first-order valence-corrected chi connectivity index (χ1v) is 7.88.